The van der Waals surface area contributed by atoms with Gasteiger partial charge >= 0.3 is 0 Å². The average molecular weight is 591 g/mol. The molecule has 0 aliphatic carbocycles. The number of carbonyl (C=O) groups is 1. The molecular formula is C24H24BrIN4O. The summed E-state index contributed by atoms with van der Waals surface area (Å²) in [5.74, 6) is -0.0597. The fourth-order valence-electron chi connectivity index (χ4n) is 3.75. The fraction of sp³-hybridized carbons (Fsp3) is 0.250. The number of H-pyrrole nitrogens is 1. The number of hydrogen-bond acceptors (Lipinski definition) is 3. The number of unbranched alkanes of at least 4 members (excludes halogenated alkanes) is 3. The number of amides is 1. The quantitative estimate of drug-likeness (QED) is 0.174. The molecule has 0 spiro atoms. The summed E-state index contributed by atoms with van der Waals surface area (Å²) in [6.45, 7) is 1.38. The largest absolute Gasteiger partial charge is 0.360 e. The maximum absolute atomic E-state index is 13.1. The second kappa shape index (κ2) is 10.1. The van der Waals surface area contributed by atoms with Crippen molar-refractivity contribution in [2.75, 3.05) is 13.1 Å². The number of aromatic amines is 1. The number of fused-ring (bicyclic) bond motifs is 2. The molecule has 2 aromatic heterocycles. The van der Waals surface area contributed by atoms with Crippen molar-refractivity contribution in [2.45, 2.75) is 25.7 Å². The minimum absolute atomic E-state index is 0.0597. The van der Waals surface area contributed by atoms with Gasteiger partial charge in [-0.15, -0.1) is 0 Å². The Labute approximate surface area is 203 Å². The van der Waals surface area contributed by atoms with Crippen LogP contribution in [0.2, 0.25) is 0 Å². The summed E-state index contributed by atoms with van der Waals surface area (Å²) in [6.07, 6.45) is 6.11. The van der Waals surface area contributed by atoms with Gasteiger partial charge in [0.25, 0.3) is 5.91 Å². The molecule has 0 saturated heterocycles. The van der Waals surface area contributed by atoms with Gasteiger partial charge in [-0.05, 0) is 84.4 Å². The van der Waals surface area contributed by atoms with Crippen LogP contribution in [0.4, 0.5) is 0 Å². The summed E-state index contributed by atoms with van der Waals surface area (Å²) in [7, 11) is 0. The van der Waals surface area contributed by atoms with E-state index in [0.717, 1.165) is 73.3 Å². The molecule has 0 fully saturated rings. The lowest BCUT2D eigenvalue weighted by atomic mass is 10.0. The summed E-state index contributed by atoms with van der Waals surface area (Å²) in [6, 6.07) is 14.0. The Morgan fingerprint density at radius 2 is 1.90 bits per heavy atom. The van der Waals surface area contributed by atoms with E-state index in [2.05, 4.69) is 54.9 Å². The highest BCUT2D eigenvalue weighted by atomic mass is 127. The van der Waals surface area contributed by atoms with Gasteiger partial charge in [-0.25, -0.2) is 4.98 Å². The second-order valence-corrected chi connectivity index (χ2v) is 9.73. The number of nitrogens with two attached hydrogens (primary N) is 1. The lowest BCUT2D eigenvalue weighted by Gasteiger charge is -2.11. The molecule has 4 N–H and O–H groups in total. The number of benzene rings is 2. The molecule has 0 aliphatic heterocycles. The fourth-order valence-corrected chi connectivity index (χ4v) is 4.60. The van der Waals surface area contributed by atoms with Crippen molar-refractivity contribution in [2.24, 2.45) is 5.73 Å². The molecule has 2 heterocycles. The lowest BCUT2D eigenvalue weighted by molar-refractivity contribution is 0.0954. The van der Waals surface area contributed by atoms with E-state index < -0.39 is 0 Å². The van der Waals surface area contributed by atoms with Crippen molar-refractivity contribution in [1.82, 2.24) is 15.3 Å². The van der Waals surface area contributed by atoms with Gasteiger partial charge in [0.1, 0.15) is 0 Å². The Balaban J connectivity index is 1.69. The Hall–Kier alpha value is -1.97. The van der Waals surface area contributed by atoms with E-state index in [1.165, 1.54) is 0 Å². The standard InChI is InChI=1S/C24H24BrIN4O/c25-15-5-7-21-17(11-15)20(14-29-21)23-13-19(18-12-16(26)6-8-22(18)30-23)24(31)28-10-4-2-1-3-9-27/h5-8,11-14,29H,1-4,9-10,27H2,(H,28,31). The van der Waals surface area contributed by atoms with Crippen LogP contribution in [0, 0.1) is 3.57 Å². The molecule has 0 saturated carbocycles. The molecule has 160 valence electrons. The van der Waals surface area contributed by atoms with Gasteiger partial charge < -0.3 is 16.0 Å². The zero-order valence-corrected chi connectivity index (χ0v) is 20.8. The topological polar surface area (TPSA) is 83.8 Å². The Kier molecular flexibility index (Phi) is 7.24. The third kappa shape index (κ3) is 5.10. The maximum atomic E-state index is 13.1. The first-order valence-corrected chi connectivity index (χ1v) is 12.3. The molecule has 0 atom stereocenters. The van der Waals surface area contributed by atoms with Gasteiger partial charge in [0.05, 0.1) is 16.8 Å². The molecule has 31 heavy (non-hydrogen) atoms. The minimum atomic E-state index is -0.0597. The molecular weight excluding hydrogens is 567 g/mol. The summed E-state index contributed by atoms with van der Waals surface area (Å²) >= 11 is 5.82. The van der Waals surface area contributed by atoms with Crippen molar-refractivity contribution in [3.63, 3.8) is 0 Å². The summed E-state index contributed by atoms with van der Waals surface area (Å²) in [5.41, 5.74) is 9.82. The van der Waals surface area contributed by atoms with Crippen molar-refractivity contribution < 1.29 is 4.79 Å². The normalized spacial score (nSPS) is 11.3. The van der Waals surface area contributed by atoms with Gasteiger partial charge in [0.15, 0.2) is 0 Å². The second-order valence-electron chi connectivity index (χ2n) is 7.57. The zero-order valence-electron chi connectivity index (χ0n) is 17.1. The predicted octanol–water partition coefficient (Wildman–Crippen LogP) is 6.00. The first-order chi connectivity index (χ1) is 15.1. The summed E-state index contributed by atoms with van der Waals surface area (Å²) < 4.78 is 2.08. The van der Waals surface area contributed by atoms with Gasteiger partial charge in [0.2, 0.25) is 0 Å². The van der Waals surface area contributed by atoms with Crippen LogP contribution in [0.1, 0.15) is 36.0 Å². The average Bonchev–Trinajstić information content (AvgIpc) is 3.18. The molecule has 4 rings (SSSR count). The van der Waals surface area contributed by atoms with E-state index in [1.54, 1.807) is 0 Å². The molecule has 7 heteroatoms. The van der Waals surface area contributed by atoms with Crippen molar-refractivity contribution in [3.05, 3.63) is 62.3 Å². The van der Waals surface area contributed by atoms with Crippen LogP contribution in [-0.2, 0) is 0 Å². The first kappa shape index (κ1) is 22.2. The van der Waals surface area contributed by atoms with E-state index in [9.17, 15) is 4.79 Å². The number of hydrogen-bond donors (Lipinski definition) is 3. The monoisotopic (exact) mass is 590 g/mol. The molecule has 0 radical (unpaired) electrons. The number of carbonyl (C=O) groups excluding carboxylic acids is 1. The lowest BCUT2D eigenvalue weighted by Crippen LogP contribution is -2.25. The van der Waals surface area contributed by atoms with E-state index in [4.69, 9.17) is 10.7 Å². The van der Waals surface area contributed by atoms with E-state index in [0.29, 0.717) is 12.1 Å². The minimum Gasteiger partial charge on any atom is -0.360 e. The van der Waals surface area contributed by atoms with Crippen molar-refractivity contribution >= 4 is 66.2 Å². The highest BCUT2D eigenvalue weighted by molar-refractivity contribution is 14.1. The van der Waals surface area contributed by atoms with E-state index in [1.807, 2.05) is 42.6 Å². The van der Waals surface area contributed by atoms with Gasteiger partial charge in [0, 0.05) is 42.6 Å². The third-order valence-corrected chi connectivity index (χ3v) is 6.52. The Morgan fingerprint density at radius 1 is 1.06 bits per heavy atom. The number of halogens is 2. The van der Waals surface area contributed by atoms with Crippen molar-refractivity contribution in [1.29, 1.82) is 0 Å². The van der Waals surface area contributed by atoms with Crippen LogP contribution in [0.15, 0.2) is 53.1 Å². The van der Waals surface area contributed by atoms with Crippen LogP contribution < -0.4 is 11.1 Å². The molecule has 0 bridgehead atoms. The van der Waals surface area contributed by atoms with Crippen LogP contribution in [0.5, 0.6) is 0 Å². The number of nitrogens with one attached hydrogen (secondary N) is 2. The van der Waals surface area contributed by atoms with Crippen molar-refractivity contribution in [3.8, 4) is 11.3 Å². The highest BCUT2D eigenvalue weighted by Crippen LogP contribution is 2.32. The summed E-state index contributed by atoms with van der Waals surface area (Å²) in [4.78, 5) is 21.3. The number of aromatic nitrogens is 2. The SMILES string of the molecule is NCCCCCCNC(=O)c1cc(-c2c[nH]c3ccc(Br)cc23)nc2ccc(I)cc12. The van der Waals surface area contributed by atoms with E-state index >= 15 is 0 Å². The maximum Gasteiger partial charge on any atom is 0.252 e. The molecule has 0 unspecified atom stereocenters. The van der Waals surface area contributed by atoms with Gasteiger partial charge in [-0.3, -0.25) is 4.79 Å². The number of nitrogens with zero attached hydrogens (tertiary/aromatic N) is 1. The number of rotatable bonds is 8. The number of pyridine rings is 1. The first-order valence-electron chi connectivity index (χ1n) is 10.4. The third-order valence-electron chi connectivity index (χ3n) is 5.35. The van der Waals surface area contributed by atoms with Crippen LogP contribution in [0.3, 0.4) is 0 Å². The Bertz CT molecular complexity index is 1240. The highest BCUT2D eigenvalue weighted by Gasteiger charge is 2.16. The molecule has 2 aromatic carbocycles. The zero-order chi connectivity index (χ0) is 21.8. The predicted molar refractivity (Wildman–Crippen MR) is 139 cm³/mol. The van der Waals surface area contributed by atoms with Gasteiger partial charge in [-0.1, -0.05) is 28.8 Å². The molecule has 0 aliphatic rings. The molecule has 1 amide bonds. The van der Waals surface area contributed by atoms with E-state index in [-0.39, 0.29) is 5.91 Å². The smallest absolute Gasteiger partial charge is 0.252 e. The van der Waals surface area contributed by atoms with Crippen LogP contribution >= 0.6 is 38.5 Å². The molecule has 4 aromatic rings. The molecule has 5 nitrogen and oxygen atoms in total. The Morgan fingerprint density at radius 3 is 2.74 bits per heavy atom. The van der Waals surface area contributed by atoms with Crippen LogP contribution in [0.25, 0.3) is 33.1 Å². The summed E-state index contributed by atoms with van der Waals surface area (Å²) in [5, 5.41) is 5.03. The van der Waals surface area contributed by atoms with Gasteiger partial charge in [-0.2, -0.15) is 0 Å². The van der Waals surface area contributed by atoms with Crippen LogP contribution in [-0.4, -0.2) is 29.0 Å².